The van der Waals surface area contributed by atoms with Crippen molar-refractivity contribution in [3.8, 4) is 44.5 Å². The van der Waals surface area contributed by atoms with Gasteiger partial charge in [0.1, 0.15) is 11.2 Å². The second kappa shape index (κ2) is 11.9. The Labute approximate surface area is 328 Å². The molecular weight excluding hydrogens is 679 g/mol. The Hall–Kier alpha value is -6.64. The highest BCUT2D eigenvalue weighted by molar-refractivity contribution is 6.13. The maximum atomic E-state index is 6.44. The lowest BCUT2D eigenvalue weighted by molar-refractivity contribution is 0.660. The van der Waals surface area contributed by atoms with E-state index in [9.17, 15) is 0 Å². The second-order valence-electron chi connectivity index (χ2n) is 16.5. The molecule has 0 saturated heterocycles. The minimum atomic E-state index is -0.122. The topological polar surface area (TPSA) is 16.4 Å². The zero-order valence-corrected chi connectivity index (χ0v) is 32.1. The molecule has 0 unspecified atom stereocenters. The van der Waals surface area contributed by atoms with Crippen molar-refractivity contribution in [1.82, 2.24) is 0 Å². The fraction of sp³-hybridized carbons (Fsp3) is 0.111. The Morgan fingerprint density at radius 2 is 0.929 bits per heavy atom. The Morgan fingerprint density at radius 3 is 1.70 bits per heavy atom. The van der Waals surface area contributed by atoms with Crippen molar-refractivity contribution in [2.24, 2.45) is 0 Å². The molecule has 11 rings (SSSR count). The lowest BCUT2D eigenvalue weighted by Crippen LogP contribution is -2.16. The van der Waals surface area contributed by atoms with Crippen LogP contribution in [0.5, 0.6) is 0 Å². The molecule has 9 aromatic rings. The highest BCUT2D eigenvalue weighted by Gasteiger charge is 2.38. The third kappa shape index (κ3) is 4.62. The summed E-state index contributed by atoms with van der Waals surface area (Å²) in [6.07, 6.45) is 0. The smallest absolute Gasteiger partial charge is 0.137 e. The van der Waals surface area contributed by atoms with Gasteiger partial charge in [-0.05, 0) is 109 Å². The van der Waals surface area contributed by atoms with Gasteiger partial charge in [0.25, 0.3) is 0 Å². The predicted octanol–water partition coefficient (Wildman–Crippen LogP) is 15.0. The summed E-state index contributed by atoms with van der Waals surface area (Å²) in [6.45, 7) is 9.44. The standard InChI is InChI=1S/C54H41NO/c1-53(2)45-22-10-7-17-39(45)41-32-31-36(33-47(41)53)55(48-24-14-26-50-51(48)44-19-9-12-25-49(44)56-50)35-29-27-34(28-30-35)37-15-5-6-16-38(37)42-20-13-21-43-40-18-8-11-23-46(40)54(3,4)52(42)43/h5-33H,1-4H3. The summed E-state index contributed by atoms with van der Waals surface area (Å²) in [5.41, 5.74) is 20.7. The van der Waals surface area contributed by atoms with Crippen molar-refractivity contribution in [2.45, 2.75) is 38.5 Å². The number of furan rings is 1. The molecule has 268 valence electrons. The van der Waals surface area contributed by atoms with Crippen molar-refractivity contribution in [3.05, 3.63) is 198 Å². The zero-order valence-electron chi connectivity index (χ0n) is 32.1. The summed E-state index contributed by atoms with van der Waals surface area (Å²) in [4.78, 5) is 2.42. The third-order valence-corrected chi connectivity index (χ3v) is 12.7. The average Bonchev–Trinajstić information content (AvgIpc) is 3.82. The van der Waals surface area contributed by atoms with Gasteiger partial charge in [0.15, 0.2) is 0 Å². The van der Waals surface area contributed by atoms with E-state index >= 15 is 0 Å². The molecule has 2 nitrogen and oxygen atoms in total. The summed E-state index contributed by atoms with van der Waals surface area (Å²) < 4.78 is 6.44. The van der Waals surface area contributed by atoms with E-state index in [0.29, 0.717) is 0 Å². The number of nitrogens with zero attached hydrogens (tertiary/aromatic N) is 1. The summed E-state index contributed by atoms with van der Waals surface area (Å²) in [7, 11) is 0. The first-order valence-electron chi connectivity index (χ1n) is 19.7. The molecule has 2 heteroatoms. The first-order chi connectivity index (χ1) is 27.3. The summed E-state index contributed by atoms with van der Waals surface area (Å²) >= 11 is 0. The van der Waals surface area contributed by atoms with Crippen molar-refractivity contribution < 1.29 is 4.42 Å². The molecule has 1 heterocycles. The highest BCUT2D eigenvalue weighted by atomic mass is 16.3. The van der Waals surface area contributed by atoms with Gasteiger partial charge >= 0.3 is 0 Å². The largest absolute Gasteiger partial charge is 0.456 e. The van der Waals surface area contributed by atoms with Gasteiger partial charge in [0, 0.05) is 27.6 Å². The third-order valence-electron chi connectivity index (χ3n) is 12.7. The van der Waals surface area contributed by atoms with E-state index in [2.05, 4.69) is 202 Å². The molecule has 0 spiro atoms. The number of hydrogen-bond donors (Lipinski definition) is 0. The monoisotopic (exact) mass is 719 g/mol. The van der Waals surface area contributed by atoms with Gasteiger partial charge in [0.2, 0.25) is 0 Å². The lowest BCUT2D eigenvalue weighted by atomic mass is 9.78. The number of fused-ring (bicyclic) bond motifs is 9. The van der Waals surface area contributed by atoms with Gasteiger partial charge in [-0.15, -0.1) is 0 Å². The van der Waals surface area contributed by atoms with Crippen LogP contribution < -0.4 is 4.90 Å². The van der Waals surface area contributed by atoms with Crippen LogP contribution in [0, 0.1) is 0 Å². The van der Waals surface area contributed by atoms with Crippen LogP contribution in [-0.4, -0.2) is 0 Å². The summed E-state index contributed by atoms with van der Waals surface area (Å²) in [5.74, 6) is 0. The number of para-hydroxylation sites is 1. The van der Waals surface area contributed by atoms with Crippen LogP contribution in [0.25, 0.3) is 66.4 Å². The maximum Gasteiger partial charge on any atom is 0.137 e. The molecule has 0 fully saturated rings. The quantitative estimate of drug-likeness (QED) is 0.176. The van der Waals surface area contributed by atoms with Crippen LogP contribution in [-0.2, 0) is 10.8 Å². The van der Waals surface area contributed by atoms with Crippen LogP contribution in [0.15, 0.2) is 180 Å². The molecule has 2 aliphatic carbocycles. The van der Waals surface area contributed by atoms with Crippen LogP contribution >= 0.6 is 0 Å². The van der Waals surface area contributed by atoms with Gasteiger partial charge in [0.05, 0.1) is 11.1 Å². The van der Waals surface area contributed by atoms with Crippen molar-refractivity contribution in [2.75, 3.05) is 4.90 Å². The molecule has 56 heavy (non-hydrogen) atoms. The Morgan fingerprint density at radius 1 is 0.393 bits per heavy atom. The van der Waals surface area contributed by atoms with Crippen molar-refractivity contribution >= 4 is 39.0 Å². The predicted molar refractivity (Wildman–Crippen MR) is 234 cm³/mol. The van der Waals surface area contributed by atoms with Crippen LogP contribution in [0.1, 0.15) is 49.9 Å². The van der Waals surface area contributed by atoms with Crippen LogP contribution in [0.3, 0.4) is 0 Å². The van der Waals surface area contributed by atoms with E-state index in [0.717, 1.165) is 39.0 Å². The Balaban J connectivity index is 1.07. The molecule has 8 aromatic carbocycles. The minimum Gasteiger partial charge on any atom is -0.456 e. The fourth-order valence-corrected chi connectivity index (χ4v) is 10.0. The van der Waals surface area contributed by atoms with E-state index in [1.54, 1.807) is 0 Å². The van der Waals surface area contributed by atoms with Gasteiger partial charge in [-0.3, -0.25) is 0 Å². The fourth-order valence-electron chi connectivity index (χ4n) is 10.0. The highest BCUT2D eigenvalue weighted by Crippen LogP contribution is 2.54. The molecule has 2 aliphatic rings. The minimum absolute atomic E-state index is 0.107. The van der Waals surface area contributed by atoms with Gasteiger partial charge in [-0.1, -0.05) is 161 Å². The van der Waals surface area contributed by atoms with E-state index in [1.165, 1.54) is 66.8 Å². The molecule has 0 bridgehead atoms. The molecule has 0 radical (unpaired) electrons. The normalized spacial score (nSPS) is 14.4. The van der Waals surface area contributed by atoms with E-state index < -0.39 is 0 Å². The Kier molecular flexibility index (Phi) is 6.98. The van der Waals surface area contributed by atoms with Gasteiger partial charge in [-0.2, -0.15) is 0 Å². The molecule has 0 atom stereocenters. The van der Waals surface area contributed by atoms with Crippen molar-refractivity contribution in [3.63, 3.8) is 0 Å². The lowest BCUT2D eigenvalue weighted by Gasteiger charge is -2.29. The van der Waals surface area contributed by atoms with Gasteiger partial charge < -0.3 is 9.32 Å². The number of hydrogen-bond acceptors (Lipinski definition) is 2. The van der Waals surface area contributed by atoms with Crippen LogP contribution in [0.4, 0.5) is 17.1 Å². The SMILES string of the molecule is CC1(C)c2ccccc2-c2ccc(N(c3ccc(-c4ccccc4-c4cccc5c4C(C)(C)c4ccccc4-5)cc3)c3cccc4oc5ccccc5c34)cc21. The Bertz CT molecular complexity index is 3030. The maximum absolute atomic E-state index is 6.44. The van der Waals surface area contributed by atoms with Gasteiger partial charge in [-0.25, -0.2) is 0 Å². The van der Waals surface area contributed by atoms with E-state index in [4.69, 9.17) is 4.42 Å². The first kappa shape index (κ1) is 32.8. The summed E-state index contributed by atoms with van der Waals surface area (Å²) in [5, 5.41) is 2.23. The molecule has 0 saturated carbocycles. The average molecular weight is 720 g/mol. The number of benzene rings is 8. The first-order valence-corrected chi connectivity index (χ1v) is 19.7. The molecule has 0 amide bonds. The van der Waals surface area contributed by atoms with Crippen molar-refractivity contribution in [1.29, 1.82) is 0 Å². The van der Waals surface area contributed by atoms with Crippen LogP contribution in [0.2, 0.25) is 0 Å². The number of anilines is 3. The van der Waals surface area contributed by atoms with E-state index in [-0.39, 0.29) is 10.8 Å². The summed E-state index contributed by atoms with van der Waals surface area (Å²) in [6, 6.07) is 64.5. The zero-order chi connectivity index (χ0) is 37.8. The van der Waals surface area contributed by atoms with E-state index in [1.807, 2.05) is 6.07 Å². The second-order valence-corrected chi connectivity index (χ2v) is 16.5. The number of rotatable bonds is 5. The molecule has 1 aromatic heterocycles. The molecular formula is C54H41NO. The molecule has 0 aliphatic heterocycles. The molecule has 0 N–H and O–H groups in total.